The molecule has 1 aromatic rings. The molecular weight excluding hydrogens is 308 g/mol. The molecule has 132 valence electrons. The predicted molar refractivity (Wildman–Crippen MR) is 91.7 cm³/mol. The third kappa shape index (κ3) is 4.19. The van der Waals surface area contributed by atoms with E-state index < -0.39 is 17.0 Å². The number of likely N-dealkylation sites (tertiary alicyclic amines) is 1. The molecule has 1 fully saturated rings. The lowest BCUT2D eigenvalue weighted by Gasteiger charge is -2.39. The smallest absolute Gasteiger partial charge is 0.410 e. The fourth-order valence-corrected chi connectivity index (χ4v) is 2.97. The Bertz CT molecular complexity index is 614. The van der Waals surface area contributed by atoms with Crippen molar-refractivity contribution in [2.45, 2.75) is 45.6 Å². The van der Waals surface area contributed by atoms with Gasteiger partial charge in [0.05, 0.1) is 5.41 Å². The monoisotopic (exact) mass is 334 g/mol. The fourth-order valence-electron chi connectivity index (χ4n) is 2.97. The summed E-state index contributed by atoms with van der Waals surface area (Å²) >= 11 is 0. The number of carboxylic acid groups (broad SMARTS) is 1. The summed E-state index contributed by atoms with van der Waals surface area (Å²) in [5.74, 6) is -0.838. The van der Waals surface area contributed by atoms with E-state index in [-0.39, 0.29) is 6.09 Å². The van der Waals surface area contributed by atoms with E-state index >= 15 is 0 Å². The highest BCUT2D eigenvalue weighted by Crippen LogP contribution is 2.37. The van der Waals surface area contributed by atoms with E-state index in [0.717, 1.165) is 5.56 Å². The van der Waals surface area contributed by atoms with Crippen molar-refractivity contribution >= 4 is 17.7 Å². The van der Waals surface area contributed by atoms with Gasteiger partial charge in [-0.2, -0.15) is 0 Å². The van der Waals surface area contributed by atoms with Gasteiger partial charge in [0.15, 0.2) is 0 Å². The molecule has 0 radical (unpaired) electrons. The predicted octanol–water partition coefficient (Wildman–Crippen LogP) is 2.91. The lowest BCUT2D eigenvalue weighted by molar-refractivity contribution is -0.152. The number of hydrogen-bond acceptors (Lipinski definition) is 4. The van der Waals surface area contributed by atoms with Crippen LogP contribution >= 0.6 is 0 Å². The van der Waals surface area contributed by atoms with E-state index in [1.165, 1.54) is 0 Å². The van der Waals surface area contributed by atoms with Gasteiger partial charge >= 0.3 is 12.1 Å². The lowest BCUT2D eigenvalue weighted by atomic mass is 9.73. The van der Waals surface area contributed by atoms with Crippen LogP contribution in [0.15, 0.2) is 24.3 Å². The van der Waals surface area contributed by atoms with Crippen LogP contribution in [0.3, 0.4) is 0 Å². The number of benzene rings is 1. The summed E-state index contributed by atoms with van der Waals surface area (Å²) in [7, 11) is 0. The van der Waals surface area contributed by atoms with Crippen LogP contribution in [0.5, 0.6) is 0 Å². The number of aliphatic carboxylic acids is 1. The molecule has 1 aliphatic rings. The molecule has 6 heteroatoms. The Labute approximate surface area is 142 Å². The molecule has 2 rings (SSSR count). The Balaban J connectivity index is 2.08. The maximum absolute atomic E-state index is 12.1. The van der Waals surface area contributed by atoms with Crippen molar-refractivity contribution in [3.63, 3.8) is 0 Å². The average molecular weight is 334 g/mol. The van der Waals surface area contributed by atoms with Gasteiger partial charge in [0, 0.05) is 18.8 Å². The number of nitrogens with two attached hydrogens (primary N) is 1. The number of carbonyl (C=O) groups excluding carboxylic acids is 1. The summed E-state index contributed by atoms with van der Waals surface area (Å²) in [5, 5.41) is 9.78. The lowest BCUT2D eigenvalue weighted by Crippen LogP contribution is -2.48. The van der Waals surface area contributed by atoms with Gasteiger partial charge in [-0.3, -0.25) is 4.79 Å². The van der Waals surface area contributed by atoms with Crippen molar-refractivity contribution in [3.05, 3.63) is 29.8 Å². The summed E-state index contributed by atoms with van der Waals surface area (Å²) in [6, 6.07) is 7.33. The molecule has 0 aromatic heterocycles. The van der Waals surface area contributed by atoms with Crippen LogP contribution in [0.2, 0.25) is 0 Å². The largest absolute Gasteiger partial charge is 0.481 e. The summed E-state index contributed by atoms with van der Waals surface area (Å²) in [6.07, 6.45) is 0.754. The zero-order valence-electron chi connectivity index (χ0n) is 14.5. The van der Waals surface area contributed by atoms with Crippen LogP contribution in [0.25, 0.3) is 0 Å². The molecule has 0 atom stereocenters. The van der Waals surface area contributed by atoms with E-state index in [2.05, 4.69) is 0 Å². The van der Waals surface area contributed by atoms with Crippen LogP contribution in [-0.2, 0) is 16.0 Å². The molecular formula is C18H26N2O4. The SMILES string of the molecule is CC(C)(C)OC(=O)N1CCC(Cc2ccccc2N)(C(=O)O)CC1. The second-order valence-corrected chi connectivity index (χ2v) is 7.43. The molecule has 3 N–H and O–H groups in total. The second kappa shape index (κ2) is 6.71. The summed E-state index contributed by atoms with van der Waals surface area (Å²) in [4.78, 5) is 25.6. The molecule has 6 nitrogen and oxygen atoms in total. The number of hydrogen-bond donors (Lipinski definition) is 2. The maximum atomic E-state index is 12.1. The Morgan fingerprint density at radius 1 is 1.25 bits per heavy atom. The van der Waals surface area contributed by atoms with E-state index in [0.29, 0.717) is 38.0 Å². The normalized spacial score (nSPS) is 17.4. The highest BCUT2D eigenvalue weighted by atomic mass is 16.6. The minimum Gasteiger partial charge on any atom is -0.481 e. The van der Waals surface area contributed by atoms with Crippen LogP contribution in [0.4, 0.5) is 10.5 Å². The number of anilines is 1. The third-order valence-electron chi connectivity index (χ3n) is 4.41. The summed E-state index contributed by atoms with van der Waals surface area (Å²) in [6.45, 7) is 6.18. The van der Waals surface area contributed by atoms with E-state index in [1.54, 1.807) is 11.0 Å². The van der Waals surface area contributed by atoms with Crippen molar-refractivity contribution in [2.24, 2.45) is 5.41 Å². The van der Waals surface area contributed by atoms with Crippen molar-refractivity contribution in [1.82, 2.24) is 4.90 Å². The Kier molecular flexibility index (Phi) is 5.06. The molecule has 1 aromatic carbocycles. The molecule has 0 bridgehead atoms. The van der Waals surface area contributed by atoms with Gasteiger partial charge < -0.3 is 20.5 Å². The fraction of sp³-hybridized carbons (Fsp3) is 0.556. The number of carbonyl (C=O) groups is 2. The zero-order valence-corrected chi connectivity index (χ0v) is 14.5. The van der Waals surface area contributed by atoms with E-state index in [4.69, 9.17) is 10.5 Å². The van der Waals surface area contributed by atoms with Gasteiger partial charge in [-0.1, -0.05) is 18.2 Å². The van der Waals surface area contributed by atoms with Gasteiger partial charge in [0.2, 0.25) is 0 Å². The van der Waals surface area contributed by atoms with Crippen LogP contribution in [0, 0.1) is 5.41 Å². The average Bonchev–Trinajstić information content (AvgIpc) is 2.48. The first kappa shape index (κ1) is 18.1. The van der Waals surface area contributed by atoms with E-state index in [1.807, 2.05) is 39.0 Å². The van der Waals surface area contributed by atoms with Crippen LogP contribution < -0.4 is 5.73 Å². The number of nitrogen functional groups attached to an aromatic ring is 1. The van der Waals surface area contributed by atoms with E-state index in [9.17, 15) is 14.7 Å². The number of amides is 1. The number of carboxylic acids is 1. The summed E-state index contributed by atoms with van der Waals surface area (Å²) < 4.78 is 5.36. The number of rotatable bonds is 3. The first-order valence-corrected chi connectivity index (χ1v) is 8.18. The molecule has 1 saturated heterocycles. The Hall–Kier alpha value is -2.24. The van der Waals surface area contributed by atoms with Crippen molar-refractivity contribution in [2.75, 3.05) is 18.8 Å². The van der Waals surface area contributed by atoms with Gasteiger partial charge in [-0.05, 0) is 51.7 Å². The number of ether oxygens (including phenoxy) is 1. The summed E-state index contributed by atoms with van der Waals surface area (Å²) in [5.41, 5.74) is 5.95. The molecule has 1 amide bonds. The molecule has 0 spiro atoms. The highest BCUT2D eigenvalue weighted by Gasteiger charge is 2.43. The van der Waals surface area contributed by atoms with Crippen molar-refractivity contribution in [1.29, 1.82) is 0 Å². The Morgan fingerprint density at radius 2 is 1.83 bits per heavy atom. The molecule has 1 heterocycles. The first-order valence-electron chi connectivity index (χ1n) is 8.18. The number of para-hydroxylation sites is 1. The van der Waals surface area contributed by atoms with Gasteiger partial charge in [0.1, 0.15) is 5.60 Å². The van der Waals surface area contributed by atoms with Crippen LogP contribution in [0.1, 0.15) is 39.2 Å². The van der Waals surface area contributed by atoms with Crippen molar-refractivity contribution < 1.29 is 19.4 Å². The highest BCUT2D eigenvalue weighted by molar-refractivity contribution is 5.76. The molecule has 1 aliphatic heterocycles. The molecule has 0 unspecified atom stereocenters. The zero-order chi connectivity index (χ0) is 18.0. The maximum Gasteiger partial charge on any atom is 0.410 e. The molecule has 24 heavy (non-hydrogen) atoms. The quantitative estimate of drug-likeness (QED) is 0.829. The molecule has 0 aliphatic carbocycles. The van der Waals surface area contributed by atoms with Gasteiger partial charge in [-0.25, -0.2) is 4.79 Å². The minimum absolute atomic E-state index is 0.369. The van der Waals surface area contributed by atoms with Crippen LogP contribution in [-0.4, -0.2) is 40.8 Å². The third-order valence-corrected chi connectivity index (χ3v) is 4.41. The van der Waals surface area contributed by atoms with Crippen molar-refractivity contribution in [3.8, 4) is 0 Å². The standard InChI is InChI=1S/C18H26N2O4/c1-17(2,3)24-16(23)20-10-8-18(9-11-20,15(21)22)12-13-6-4-5-7-14(13)19/h4-7H,8-12,19H2,1-3H3,(H,21,22). The van der Waals surface area contributed by atoms with Gasteiger partial charge in [-0.15, -0.1) is 0 Å². The van der Waals surface area contributed by atoms with Gasteiger partial charge in [0.25, 0.3) is 0 Å². The Morgan fingerprint density at radius 3 is 2.33 bits per heavy atom. The minimum atomic E-state index is -0.895. The number of nitrogens with zero attached hydrogens (tertiary/aromatic N) is 1. The second-order valence-electron chi connectivity index (χ2n) is 7.43. The first-order chi connectivity index (χ1) is 11.1. The number of piperidine rings is 1. The topological polar surface area (TPSA) is 92.9 Å². The molecule has 0 saturated carbocycles.